The minimum Gasteiger partial charge on any atom is -0.343 e. The molecule has 1 aromatic heterocycles. The van der Waals surface area contributed by atoms with Gasteiger partial charge in [0, 0.05) is 40.4 Å². The second-order valence-electron chi connectivity index (χ2n) is 7.01. The first-order chi connectivity index (χ1) is 13.3. The van der Waals surface area contributed by atoms with Crippen LogP contribution in [-0.4, -0.2) is 16.4 Å². The number of anilines is 2. The van der Waals surface area contributed by atoms with Crippen LogP contribution in [-0.2, 0) is 11.2 Å². The van der Waals surface area contributed by atoms with Crippen molar-refractivity contribution in [2.45, 2.75) is 26.3 Å². The maximum absolute atomic E-state index is 13.0. The molecule has 2 aromatic carbocycles. The van der Waals surface area contributed by atoms with Gasteiger partial charge in [0.05, 0.1) is 5.52 Å². The molecule has 0 saturated heterocycles. The van der Waals surface area contributed by atoms with Crippen LogP contribution in [0, 0.1) is 0 Å². The molecule has 2 N–H and O–H groups in total. The van der Waals surface area contributed by atoms with E-state index in [0.717, 1.165) is 22.0 Å². The van der Waals surface area contributed by atoms with Crippen molar-refractivity contribution in [3.8, 4) is 0 Å². The first kappa shape index (κ1) is 18.4. The summed E-state index contributed by atoms with van der Waals surface area (Å²) in [6.07, 6.45) is 2.48. The Balaban J connectivity index is 1.70. The molecular formula is C21H18BrN3O3. The van der Waals surface area contributed by atoms with E-state index in [1.54, 1.807) is 36.5 Å². The third-order valence-corrected chi connectivity index (χ3v) is 5.33. The standard InChI is InChI=1S/C21H18BrN3O3/c1-11-7-13-8-14(22)9-17-19(13)25(11)10-18(20(17)27)21(28)24-16-5-3-15(4-6-16)23-12(2)26/h3-6,8-11H,7H2,1-2H3,(H,23,26)(H,24,28)/t11-/m1/s1. The molecule has 0 saturated carbocycles. The van der Waals surface area contributed by atoms with Crippen molar-refractivity contribution in [2.75, 3.05) is 10.6 Å². The quantitative estimate of drug-likeness (QED) is 0.644. The van der Waals surface area contributed by atoms with Crippen LogP contribution in [0.3, 0.4) is 0 Å². The zero-order valence-electron chi connectivity index (χ0n) is 15.4. The molecule has 0 bridgehead atoms. The molecule has 28 heavy (non-hydrogen) atoms. The van der Waals surface area contributed by atoms with Gasteiger partial charge in [0.25, 0.3) is 5.91 Å². The van der Waals surface area contributed by atoms with Crippen LogP contribution in [0.4, 0.5) is 11.4 Å². The molecule has 6 nitrogen and oxygen atoms in total. The number of hydrogen-bond donors (Lipinski definition) is 2. The average Bonchev–Trinajstić information content (AvgIpc) is 2.94. The van der Waals surface area contributed by atoms with Gasteiger partial charge in [-0.25, -0.2) is 0 Å². The highest BCUT2D eigenvalue weighted by molar-refractivity contribution is 9.10. The minimum absolute atomic E-state index is 0.108. The summed E-state index contributed by atoms with van der Waals surface area (Å²) < 4.78 is 2.84. The Morgan fingerprint density at radius 3 is 2.39 bits per heavy atom. The molecule has 1 aliphatic rings. The highest BCUT2D eigenvalue weighted by atomic mass is 79.9. The summed E-state index contributed by atoms with van der Waals surface area (Å²) in [5.74, 6) is -0.623. The number of halogens is 1. The minimum atomic E-state index is -0.455. The molecule has 0 aliphatic carbocycles. The SMILES string of the molecule is CC(=O)Nc1ccc(NC(=O)c2cn3c4c(cc(Br)cc4c2=O)C[C@H]3C)cc1. The van der Waals surface area contributed by atoms with Crippen molar-refractivity contribution >= 4 is 50.0 Å². The maximum Gasteiger partial charge on any atom is 0.261 e. The van der Waals surface area contributed by atoms with Crippen LogP contribution in [0.1, 0.15) is 35.8 Å². The predicted octanol–water partition coefficient (Wildman–Crippen LogP) is 4.09. The fourth-order valence-electron chi connectivity index (χ4n) is 3.66. The van der Waals surface area contributed by atoms with Crippen LogP contribution in [0.5, 0.6) is 0 Å². The van der Waals surface area contributed by atoms with Crippen molar-refractivity contribution in [3.05, 3.63) is 68.4 Å². The number of carbonyl (C=O) groups is 2. The molecule has 1 atom stereocenters. The number of aromatic nitrogens is 1. The van der Waals surface area contributed by atoms with E-state index in [4.69, 9.17) is 0 Å². The van der Waals surface area contributed by atoms with Crippen LogP contribution in [0.2, 0.25) is 0 Å². The van der Waals surface area contributed by atoms with Crippen LogP contribution < -0.4 is 16.1 Å². The van der Waals surface area contributed by atoms with E-state index in [9.17, 15) is 14.4 Å². The Morgan fingerprint density at radius 1 is 1.11 bits per heavy atom. The molecule has 0 radical (unpaired) electrons. The van der Waals surface area contributed by atoms with Crippen molar-refractivity contribution in [3.63, 3.8) is 0 Å². The number of amides is 2. The van der Waals surface area contributed by atoms with E-state index in [-0.39, 0.29) is 22.9 Å². The number of hydrogen-bond acceptors (Lipinski definition) is 3. The van der Waals surface area contributed by atoms with Gasteiger partial charge in [-0.05, 0) is 55.3 Å². The van der Waals surface area contributed by atoms with Crippen molar-refractivity contribution in [2.24, 2.45) is 0 Å². The van der Waals surface area contributed by atoms with Gasteiger partial charge in [-0.15, -0.1) is 0 Å². The molecule has 0 fully saturated rings. The molecule has 7 heteroatoms. The van der Waals surface area contributed by atoms with Gasteiger partial charge in [-0.2, -0.15) is 0 Å². The number of pyridine rings is 1. The third-order valence-electron chi connectivity index (χ3n) is 4.87. The smallest absolute Gasteiger partial charge is 0.261 e. The van der Waals surface area contributed by atoms with Crippen molar-refractivity contribution in [1.82, 2.24) is 4.57 Å². The second-order valence-corrected chi connectivity index (χ2v) is 7.92. The fourth-order valence-corrected chi connectivity index (χ4v) is 4.17. The van der Waals surface area contributed by atoms with Gasteiger partial charge in [0.15, 0.2) is 0 Å². The highest BCUT2D eigenvalue weighted by Gasteiger charge is 2.25. The lowest BCUT2D eigenvalue weighted by atomic mass is 10.1. The summed E-state index contributed by atoms with van der Waals surface area (Å²) in [4.78, 5) is 36.9. The Kier molecular flexibility index (Phi) is 4.55. The van der Waals surface area contributed by atoms with Crippen molar-refractivity contribution in [1.29, 1.82) is 0 Å². The Bertz CT molecular complexity index is 1180. The van der Waals surface area contributed by atoms with Crippen LogP contribution in [0.25, 0.3) is 10.9 Å². The topological polar surface area (TPSA) is 80.2 Å². The molecule has 3 aromatic rings. The molecule has 142 valence electrons. The van der Waals surface area contributed by atoms with Gasteiger partial charge >= 0.3 is 0 Å². The van der Waals surface area contributed by atoms with Crippen molar-refractivity contribution < 1.29 is 9.59 Å². The normalized spacial score (nSPS) is 14.9. The van der Waals surface area contributed by atoms with E-state index in [0.29, 0.717) is 16.8 Å². The first-order valence-corrected chi connectivity index (χ1v) is 9.69. The monoisotopic (exact) mass is 439 g/mol. The summed E-state index contributed by atoms with van der Waals surface area (Å²) in [7, 11) is 0. The Morgan fingerprint density at radius 2 is 1.75 bits per heavy atom. The number of rotatable bonds is 3. The van der Waals surface area contributed by atoms with E-state index >= 15 is 0 Å². The molecule has 4 rings (SSSR count). The van der Waals surface area contributed by atoms with Gasteiger partial charge in [-0.1, -0.05) is 15.9 Å². The molecule has 1 aliphatic heterocycles. The largest absolute Gasteiger partial charge is 0.343 e. The van der Waals surface area contributed by atoms with Gasteiger partial charge in [0.1, 0.15) is 5.56 Å². The number of carbonyl (C=O) groups excluding carboxylic acids is 2. The van der Waals surface area contributed by atoms with Gasteiger partial charge in [0.2, 0.25) is 11.3 Å². The number of nitrogens with one attached hydrogen (secondary N) is 2. The van der Waals surface area contributed by atoms with E-state index < -0.39 is 5.91 Å². The van der Waals surface area contributed by atoms with Gasteiger partial charge < -0.3 is 15.2 Å². The van der Waals surface area contributed by atoms with Crippen LogP contribution in [0.15, 0.2) is 51.9 Å². The maximum atomic E-state index is 13.0. The molecule has 0 spiro atoms. The Labute approximate surface area is 169 Å². The van der Waals surface area contributed by atoms with Crippen LogP contribution >= 0.6 is 15.9 Å². The second kappa shape index (κ2) is 6.91. The van der Waals surface area contributed by atoms with Gasteiger partial charge in [-0.3, -0.25) is 14.4 Å². The predicted molar refractivity (Wildman–Crippen MR) is 113 cm³/mol. The average molecular weight is 440 g/mol. The zero-order chi connectivity index (χ0) is 20.0. The summed E-state index contributed by atoms with van der Waals surface area (Å²) >= 11 is 3.46. The number of nitrogens with zero attached hydrogens (tertiary/aromatic N) is 1. The summed E-state index contributed by atoms with van der Waals surface area (Å²) in [6.45, 7) is 3.50. The molecule has 0 unspecified atom stereocenters. The summed E-state index contributed by atoms with van der Waals surface area (Å²) in [5, 5.41) is 5.98. The molecular weight excluding hydrogens is 422 g/mol. The fraction of sp³-hybridized carbons (Fsp3) is 0.190. The lowest BCUT2D eigenvalue weighted by molar-refractivity contribution is -0.114. The highest BCUT2D eigenvalue weighted by Crippen LogP contribution is 2.33. The number of benzene rings is 2. The summed E-state index contributed by atoms with van der Waals surface area (Å²) in [5.41, 5.74) is 3.01. The molecule has 2 amide bonds. The lowest BCUT2D eigenvalue weighted by Crippen LogP contribution is -2.23. The summed E-state index contributed by atoms with van der Waals surface area (Å²) in [6, 6.07) is 10.7. The van der Waals surface area contributed by atoms with E-state index in [1.165, 1.54) is 6.92 Å². The lowest BCUT2D eigenvalue weighted by Gasteiger charge is -2.13. The van der Waals surface area contributed by atoms with E-state index in [2.05, 4.69) is 33.5 Å². The molecule has 2 heterocycles. The zero-order valence-corrected chi connectivity index (χ0v) is 17.0. The third kappa shape index (κ3) is 3.22. The first-order valence-electron chi connectivity index (χ1n) is 8.90. The Hall–Kier alpha value is -2.93. The van der Waals surface area contributed by atoms with E-state index in [1.807, 2.05) is 10.6 Å².